The maximum atomic E-state index is 6.12. The van der Waals surface area contributed by atoms with Gasteiger partial charge in [-0.25, -0.2) is 0 Å². The molecule has 0 spiro atoms. The molecule has 0 N–H and O–H groups in total. The van der Waals surface area contributed by atoms with Crippen LogP contribution < -0.4 is 0 Å². The van der Waals surface area contributed by atoms with Crippen molar-refractivity contribution in [1.82, 2.24) is 0 Å². The Morgan fingerprint density at radius 2 is 1.90 bits per heavy atom. The molecular weight excluding hydrogens is 167 g/mol. The number of halogens is 2. The summed E-state index contributed by atoms with van der Waals surface area (Å²) in [6.07, 6.45) is 3.05. The lowest BCUT2D eigenvalue weighted by Crippen LogP contribution is -2.28. The zero-order valence-corrected chi connectivity index (χ0v) is 8.47. The summed E-state index contributed by atoms with van der Waals surface area (Å²) in [6, 6.07) is 0. The first kappa shape index (κ1) is 10.6. The standard InChI is InChI=1S/C8H16Cl2/c1-4-6-7(9)8(3,10)5-2/h7H,4-6H2,1-3H3. The number of hydrogen-bond acceptors (Lipinski definition) is 0. The fourth-order valence-electron chi connectivity index (χ4n) is 0.776. The van der Waals surface area contributed by atoms with Gasteiger partial charge in [-0.05, 0) is 19.8 Å². The van der Waals surface area contributed by atoms with Gasteiger partial charge < -0.3 is 0 Å². The Morgan fingerprint density at radius 1 is 1.40 bits per heavy atom. The fraction of sp³-hybridized carbons (Fsp3) is 1.00. The summed E-state index contributed by atoms with van der Waals surface area (Å²) in [7, 11) is 0. The monoisotopic (exact) mass is 182 g/mol. The molecule has 0 aliphatic carbocycles. The smallest absolute Gasteiger partial charge is 0.0579 e. The van der Waals surface area contributed by atoms with E-state index in [0.717, 1.165) is 19.3 Å². The van der Waals surface area contributed by atoms with E-state index >= 15 is 0 Å². The van der Waals surface area contributed by atoms with E-state index in [0.29, 0.717) is 0 Å². The molecule has 62 valence electrons. The molecule has 0 bridgehead atoms. The second kappa shape index (κ2) is 4.46. The molecule has 0 radical (unpaired) electrons. The van der Waals surface area contributed by atoms with Crippen LogP contribution in [0.5, 0.6) is 0 Å². The fourth-order valence-corrected chi connectivity index (χ4v) is 1.26. The maximum absolute atomic E-state index is 6.12. The molecule has 0 amide bonds. The average Bonchev–Trinajstić information content (AvgIpc) is 1.89. The van der Waals surface area contributed by atoms with Crippen LogP contribution in [0.2, 0.25) is 0 Å². The predicted molar refractivity (Wildman–Crippen MR) is 49.1 cm³/mol. The number of rotatable bonds is 4. The zero-order chi connectivity index (χ0) is 8.20. The molecular formula is C8H16Cl2. The Morgan fingerprint density at radius 3 is 2.20 bits per heavy atom. The number of hydrogen-bond donors (Lipinski definition) is 0. The average molecular weight is 183 g/mol. The first-order chi connectivity index (χ1) is 4.54. The summed E-state index contributed by atoms with van der Waals surface area (Å²) in [5.41, 5.74) is 0. The zero-order valence-electron chi connectivity index (χ0n) is 6.95. The Bertz CT molecular complexity index is 89.3. The van der Waals surface area contributed by atoms with Gasteiger partial charge in [0, 0.05) is 0 Å². The molecule has 0 fully saturated rings. The lowest BCUT2D eigenvalue weighted by Gasteiger charge is -2.25. The van der Waals surface area contributed by atoms with Crippen LogP contribution in [0, 0.1) is 0 Å². The van der Waals surface area contributed by atoms with Gasteiger partial charge in [-0.2, -0.15) is 0 Å². The van der Waals surface area contributed by atoms with Crippen molar-refractivity contribution in [3.8, 4) is 0 Å². The van der Waals surface area contributed by atoms with Crippen molar-refractivity contribution >= 4 is 23.2 Å². The van der Waals surface area contributed by atoms with E-state index in [1.807, 2.05) is 6.92 Å². The molecule has 0 aromatic carbocycles. The van der Waals surface area contributed by atoms with E-state index in [2.05, 4.69) is 13.8 Å². The van der Waals surface area contributed by atoms with Crippen LogP contribution in [0.1, 0.15) is 40.0 Å². The van der Waals surface area contributed by atoms with E-state index in [-0.39, 0.29) is 10.3 Å². The second-order valence-electron chi connectivity index (χ2n) is 2.89. The molecule has 0 rings (SSSR count). The minimum atomic E-state index is -0.211. The largest absolute Gasteiger partial charge is 0.121 e. The van der Waals surface area contributed by atoms with Crippen LogP contribution in [0.4, 0.5) is 0 Å². The Labute approximate surface area is 73.9 Å². The SMILES string of the molecule is CCCC(Cl)C(C)(Cl)CC. The van der Waals surface area contributed by atoms with Crippen molar-refractivity contribution in [2.45, 2.75) is 50.3 Å². The highest BCUT2D eigenvalue weighted by atomic mass is 35.5. The van der Waals surface area contributed by atoms with Gasteiger partial charge in [0.2, 0.25) is 0 Å². The van der Waals surface area contributed by atoms with Crippen LogP contribution in [-0.2, 0) is 0 Å². The molecule has 0 heterocycles. The molecule has 0 saturated carbocycles. The van der Waals surface area contributed by atoms with E-state index in [1.165, 1.54) is 0 Å². The molecule has 0 aromatic rings. The van der Waals surface area contributed by atoms with Crippen LogP contribution in [0.25, 0.3) is 0 Å². The molecule has 0 nitrogen and oxygen atoms in total. The third-order valence-electron chi connectivity index (χ3n) is 1.89. The minimum Gasteiger partial charge on any atom is -0.121 e. The summed E-state index contributed by atoms with van der Waals surface area (Å²) in [5.74, 6) is 0. The quantitative estimate of drug-likeness (QED) is 0.581. The lowest BCUT2D eigenvalue weighted by molar-refractivity contribution is 0.536. The Balaban J connectivity index is 3.78. The Hall–Kier alpha value is 0.580. The van der Waals surface area contributed by atoms with Crippen molar-refractivity contribution < 1.29 is 0 Å². The van der Waals surface area contributed by atoms with Gasteiger partial charge in [0.15, 0.2) is 0 Å². The number of alkyl halides is 2. The highest BCUT2D eigenvalue weighted by molar-refractivity contribution is 6.32. The second-order valence-corrected chi connectivity index (χ2v) is 4.28. The lowest BCUT2D eigenvalue weighted by atomic mass is 10.0. The van der Waals surface area contributed by atoms with Crippen LogP contribution in [0.15, 0.2) is 0 Å². The first-order valence-electron chi connectivity index (χ1n) is 3.87. The molecule has 2 unspecified atom stereocenters. The van der Waals surface area contributed by atoms with E-state index in [9.17, 15) is 0 Å². The highest BCUT2D eigenvalue weighted by Gasteiger charge is 2.27. The van der Waals surface area contributed by atoms with E-state index < -0.39 is 0 Å². The van der Waals surface area contributed by atoms with Gasteiger partial charge >= 0.3 is 0 Å². The van der Waals surface area contributed by atoms with Gasteiger partial charge in [0.05, 0.1) is 10.3 Å². The molecule has 2 atom stereocenters. The minimum absolute atomic E-state index is 0.115. The van der Waals surface area contributed by atoms with Gasteiger partial charge in [-0.15, -0.1) is 23.2 Å². The van der Waals surface area contributed by atoms with Crippen LogP contribution >= 0.6 is 23.2 Å². The van der Waals surface area contributed by atoms with Crippen molar-refractivity contribution in [3.63, 3.8) is 0 Å². The molecule has 0 saturated heterocycles. The van der Waals surface area contributed by atoms with Crippen LogP contribution in [-0.4, -0.2) is 10.3 Å². The van der Waals surface area contributed by atoms with Crippen molar-refractivity contribution in [3.05, 3.63) is 0 Å². The Kier molecular flexibility index (Phi) is 4.71. The molecule has 0 aliphatic heterocycles. The predicted octanol–water partition coefficient (Wildman–Crippen LogP) is 3.80. The summed E-state index contributed by atoms with van der Waals surface area (Å²) in [6.45, 7) is 6.19. The third-order valence-corrected chi connectivity index (χ3v) is 3.23. The van der Waals surface area contributed by atoms with Gasteiger partial charge in [-0.3, -0.25) is 0 Å². The third kappa shape index (κ3) is 3.12. The van der Waals surface area contributed by atoms with E-state index in [1.54, 1.807) is 0 Å². The summed E-state index contributed by atoms with van der Waals surface area (Å²) >= 11 is 12.2. The normalized spacial score (nSPS) is 20.1. The first-order valence-corrected chi connectivity index (χ1v) is 4.69. The van der Waals surface area contributed by atoms with Crippen molar-refractivity contribution in [2.75, 3.05) is 0 Å². The van der Waals surface area contributed by atoms with Gasteiger partial charge in [-0.1, -0.05) is 20.3 Å². The summed E-state index contributed by atoms with van der Waals surface area (Å²) in [5, 5.41) is 0.115. The van der Waals surface area contributed by atoms with Crippen molar-refractivity contribution in [2.24, 2.45) is 0 Å². The van der Waals surface area contributed by atoms with Crippen LogP contribution in [0.3, 0.4) is 0 Å². The summed E-state index contributed by atoms with van der Waals surface area (Å²) in [4.78, 5) is -0.211. The highest BCUT2D eigenvalue weighted by Crippen LogP contribution is 2.30. The van der Waals surface area contributed by atoms with E-state index in [4.69, 9.17) is 23.2 Å². The van der Waals surface area contributed by atoms with Crippen molar-refractivity contribution in [1.29, 1.82) is 0 Å². The topological polar surface area (TPSA) is 0 Å². The summed E-state index contributed by atoms with van der Waals surface area (Å²) < 4.78 is 0. The molecule has 10 heavy (non-hydrogen) atoms. The van der Waals surface area contributed by atoms with Gasteiger partial charge in [0.1, 0.15) is 0 Å². The maximum Gasteiger partial charge on any atom is 0.0579 e. The van der Waals surface area contributed by atoms with Gasteiger partial charge in [0.25, 0.3) is 0 Å². The molecule has 2 heteroatoms. The molecule has 0 aromatic heterocycles. The molecule has 0 aliphatic rings.